The van der Waals surface area contributed by atoms with E-state index >= 15 is 0 Å². The molecule has 0 atom stereocenters. The molecule has 3 aromatic heterocycles. The highest BCUT2D eigenvalue weighted by Gasteiger charge is 2.09. The lowest BCUT2D eigenvalue weighted by molar-refractivity contribution is 0.631. The second kappa shape index (κ2) is 5.10. The van der Waals surface area contributed by atoms with Gasteiger partial charge in [0.1, 0.15) is 17.0 Å². The normalized spacial score (nSPS) is 11.3. The predicted octanol–water partition coefficient (Wildman–Crippen LogP) is 5.41. The first-order chi connectivity index (χ1) is 11.9. The SMILES string of the molecule is c1ccc(-c2cc3cc(-c4cn5ccccc5n4)ccc3o2)cc1. The molecule has 0 spiro atoms. The van der Waals surface area contributed by atoms with Gasteiger partial charge in [-0.2, -0.15) is 0 Å². The largest absolute Gasteiger partial charge is 0.456 e. The fourth-order valence-corrected chi connectivity index (χ4v) is 3.02. The highest BCUT2D eigenvalue weighted by molar-refractivity contribution is 5.87. The van der Waals surface area contributed by atoms with Crippen LogP contribution in [0.1, 0.15) is 0 Å². The lowest BCUT2D eigenvalue weighted by atomic mass is 10.1. The van der Waals surface area contributed by atoms with Crippen molar-refractivity contribution in [3.63, 3.8) is 0 Å². The molecule has 5 aromatic rings. The molecule has 114 valence electrons. The minimum absolute atomic E-state index is 0.887. The second-order valence-electron chi connectivity index (χ2n) is 5.82. The van der Waals surface area contributed by atoms with Crippen LogP contribution in [-0.2, 0) is 0 Å². The fraction of sp³-hybridized carbons (Fsp3) is 0. The van der Waals surface area contributed by atoms with Gasteiger partial charge < -0.3 is 8.82 Å². The van der Waals surface area contributed by atoms with Crippen molar-refractivity contribution in [2.75, 3.05) is 0 Å². The zero-order valence-corrected chi connectivity index (χ0v) is 12.9. The molecular weight excluding hydrogens is 296 g/mol. The number of benzene rings is 2. The molecule has 0 radical (unpaired) electrons. The molecule has 0 amide bonds. The summed E-state index contributed by atoms with van der Waals surface area (Å²) in [4.78, 5) is 4.69. The summed E-state index contributed by atoms with van der Waals surface area (Å²) < 4.78 is 8.01. The summed E-state index contributed by atoms with van der Waals surface area (Å²) in [6, 6.07) is 24.5. The van der Waals surface area contributed by atoms with Crippen LogP contribution in [0.3, 0.4) is 0 Å². The maximum atomic E-state index is 5.98. The minimum atomic E-state index is 0.887. The maximum absolute atomic E-state index is 5.98. The summed E-state index contributed by atoms with van der Waals surface area (Å²) in [5.41, 5.74) is 4.98. The molecule has 0 aliphatic heterocycles. The van der Waals surface area contributed by atoms with Crippen LogP contribution in [0.2, 0.25) is 0 Å². The molecule has 0 aliphatic carbocycles. The number of hydrogen-bond donors (Lipinski definition) is 0. The van der Waals surface area contributed by atoms with Gasteiger partial charge in [-0.25, -0.2) is 4.98 Å². The van der Waals surface area contributed by atoms with Crippen LogP contribution in [0.25, 0.3) is 39.2 Å². The average molecular weight is 310 g/mol. The Kier molecular flexibility index (Phi) is 2.79. The standard InChI is InChI=1S/C21H14N2O/c1-2-6-15(7-3-1)20-13-17-12-16(9-10-19(17)24-20)18-14-23-11-5-4-8-21(23)22-18/h1-14H. The Bertz CT molecular complexity index is 1120. The first-order valence-electron chi connectivity index (χ1n) is 7.90. The van der Waals surface area contributed by atoms with Crippen molar-refractivity contribution in [1.29, 1.82) is 0 Å². The van der Waals surface area contributed by atoms with Gasteiger partial charge in [0, 0.05) is 28.9 Å². The molecule has 24 heavy (non-hydrogen) atoms. The van der Waals surface area contributed by atoms with E-state index in [1.165, 1.54) is 0 Å². The molecule has 0 bridgehead atoms. The fourth-order valence-electron chi connectivity index (χ4n) is 3.02. The number of hydrogen-bond acceptors (Lipinski definition) is 2. The lowest BCUT2D eigenvalue weighted by Gasteiger charge is -1.95. The second-order valence-corrected chi connectivity index (χ2v) is 5.82. The van der Waals surface area contributed by atoms with E-state index in [-0.39, 0.29) is 0 Å². The van der Waals surface area contributed by atoms with Gasteiger partial charge in [-0.05, 0) is 36.4 Å². The van der Waals surface area contributed by atoms with Gasteiger partial charge in [-0.3, -0.25) is 0 Å². The lowest BCUT2D eigenvalue weighted by Crippen LogP contribution is -1.77. The van der Waals surface area contributed by atoms with Gasteiger partial charge in [-0.1, -0.05) is 36.4 Å². The van der Waals surface area contributed by atoms with Gasteiger partial charge in [0.25, 0.3) is 0 Å². The van der Waals surface area contributed by atoms with Crippen LogP contribution in [-0.4, -0.2) is 9.38 Å². The number of furan rings is 1. The smallest absolute Gasteiger partial charge is 0.137 e. The monoisotopic (exact) mass is 310 g/mol. The van der Waals surface area contributed by atoms with Crippen LogP contribution in [0.15, 0.2) is 89.6 Å². The Hall–Kier alpha value is -3.33. The number of nitrogens with zero attached hydrogens (tertiary/aromatic N) is 2. The summed E-state index contributed by atoms with van der Waals surface area (Å²) in [5, 5.41) is 1.09. The van der Waals surface area contributed by atoms with Crippen molar-refractivity contribution in [3.05, 3.63) is 85.2 Å². The number of aromatic nitrogens is 2. The summed E-state index contributed by atoms with van der Waals surface area (Å²) in [6.45, 7) is 0. The summed E-state index contributed by atoms with van der Waals surface area (Å²) in [5.74, 6) is 0.887. The molecule has 0 unspecified atom stereocenters. The molecule has 0 fully saturated rings. The molecule has 3 nitrogen and oxygen atoms in total. The predicted molar refractivity (Wildman–Crippen MR) is 95.8 cm³/mol. The first-order valence-corrected chi connectivity index (χ1v) is 7.90. The van der Waals surface area contributed by atoms with Crippen LogP contribution in [0.5, 0.6) is 0 Å². The highest BCUT2D eigenvalue weighted by Crippen LogP contribution is 2.30. The summed E-state index contributed by atoms with van der Waals surface area (Å²) in [6.07, 6.45) is 4.06. The Morgan fingerprint density at radius 3 is 2.54 bits per heavy atom. The van der Waals surface area contributed by atoms with Crippen molar-refractivity contribution in [2.45, 2.75) is 0 Å². The zero-order valence-electron chi connectivity index (χ0n) is 12.9. The molecule has 0 saturated heterocycles. The van der Waals surface area contributed by atoms with Crippen molar-refractivity contribution >= 4 is 16.6 Å². The van der Waals surface area contributed by atoms with Gasteiger partial charge in [0.15, 0.2) is 0 Å². The third-order valence-electron chi connectivity index (χ3n) is 4.23. The van der Waals surface area contributed by atoms with E-state index in [1.807, 2.05) is 53.1 Å². The number of fused-ring (bicyclic) bond motifs is 2. The quantitative estimate of drug-likeness (QED) is 0.436. The molecule has 2 aromatic carbocycles. The molecular formula is C21H14N2O. The summed E-state index contributed by atoms with van der Waals surface area (Å²) in [7, 11) is 0. The summed E-state index contributed by atoms with van der Waals surface area (Å²) >= 11 is 0. The molecule has 0 saturated carbocycles. The van der Waals surface area contributed by atoms with Gasteiger partial charge >= 0.3 is 0 Å². The van der Waals surface area contributed by atoms with E-state index < -0.39 is 0 Å². The molecule has 3 heteroatoms. The van der Waals surface area contributed by atoms with Crippen LogP contribution >= 0.6 is 0 Å². The maximum Gasteiger partial charge on any atom is 0.137 e. The van der Waals surface area contributed by atoms with E-state index in [1.54, 1.807) is 0 Å². The third kappa shape index (κ3) is 2.10. The van der Waals surface area contributed by atoms with E-state index in [9.17, 15) is 0 Å². The van der Waals surface area contributed by atoms with Crippen LogP contribution < -0.4 is 0 Å². The zero-order chi connectivity index (χ0) is 15.9. The Balaban J connectivity index is 1.63. The van der Waals surface area contributed by atoms with Gasteiger partial charge in [0.05, 0.1) is 5.69 Å². The van der Waals surface area contributed by atoms with Crippen LogP contribution in [0, 0.1) is 0 Å². The minimum Gasteiger partial charge on any atom is -0.456 e. The molecule has 0 N–H and O–H groups in total. The van der Waals surface area contributed by atoms with Gasteiger partial charge in [-0.15, -0.1) is 0 Å². The van der Waals surface area contributed by atoms with Crippen molar-refractivity contribution in [2.24, 2.45) is 0 Å². The Labute approximate surface area is 138 Å². The number of rotatable bonds is 2. The average Bonchev–Trinajstić information content (AvgIpc) is 3.25. The van der Waals surface area contributed by atoms with Crippen LogP contribution in [0.4, 0.5) is 0 Å². The first kappa shape index (κ1) is 13.1. The highest BCUT2D eigenvalue weighted by atomic mass is 16.3. The van der Waals surface area contributed by atoms with E-state index in [2.05, 4.69) is 41.5 Å². The Morgan fingerprint density at radius 2 is 1.67 bits per heavy atom. The van der Waals surface area contributed by atoms with Gasteiger partial charge in [0.2, 0.25) is 0 Å². The molecule has 3 heterocycles. The molecule has 0 aliphatic rings. The number of pyridine rings is 1. The van der Waals surface area contributed by atoms with Crippen molar-refractivity contribution in [1.82, 2.24) is 9.38 Å². The molecule has 5 rings (SSSR count). The number of imidazole rings is 1. The Morgan fingerprint density at radius 1 is 0.792 bits per heavy atom. The topological polar surface area (TPSA) is 30.4 Å². The van der Waals surface area contributed by atoms with E-state index in [4.69, 9.17) is 4.42 Å². The van der Waals surface area contributed by atoms with Crippen molar-refractivity contribution in [3.8, 4) is 22.6 Å². The van der Waals surface area contributed by atoms with E-state index in [0.717, 1.165) is 39.2 Å². The third-order valence-corrected chi connectivity index (χ3v) is 4.23. The van der Waals surface area contributed by atoms with E-state index in [0.29, 0.717) is 0 Å². The van der Waals surface area contributed by atoms with Crippen molar-refractivity contribution < 1.29 is 4.42 Å².